The topological polar surface area (TPSA) is 70.7 Å². The molecule has 1 saturated heterocycles. The Morgan fingerprint density at radius 1 is 1.03 bits per heavy atom. The zero-order valence-electron chi connectivity index (χ0n) is 17.4. The average molecular weight is 549 g/mol. The Kier molecular flexibility index (Phi) is 7.42. The van der Waals surface area contributed by atoms with Gasteiger partial charge in [-0.15, -0.1) is 0 Å². The first-order valence-electron chi connectivity index (χ1n) is 10.2. The van der Waals surface area contributed by atoms with E-state index in [-0.39, 0.29) is 18.2 Å². The molecule has 1 aliphatic heterocycles. The van der Waals surface area contributed by atoms with Gasteiger partial charge in [-0.25, -0.2) is 0 Å². The molecule has 9 heteroatoms. The van der Waals surface area contributed by atoms with Gasteiger partial charge in [0.05, 0.1) is 21.7 Å². The molecule has 1 aliphatic rings. The van der Waals surface area contributed by atoms with Crippen LogP contribution in [0.5, 0.6) is 5.75 Å². The number of ether oxygens (including phenoxy) is 1. The highest BCUT2D eigenvalue weighted by molar-refractivity contribution is 9.10. The van der Waals surface area contributed by atoms with Crippen molar-refractivity contribution in [2.75, 3.05) is 16.9 Å². The third-order valence-electron chi connectivity index (χ3n) is 5.21. The van der Waals surface area contributed by atoms with Gasteiger partial charge in [0.1, 0.15) is 12.4 Å². The SMILES string of the molecule is O=C(NNc1ccc(OCc2ccc(Cl)c(Cl)c2)cc1)[C@@H]1CC(=O)N(c2ccc(Br)cc2)C1. The number of hydrogen-bond acceptors (Lipinski definition) is 4. The number of anilines is 2. The largest absolute Gasteiger partial charge is 0.489 e. The second kappa shape index (κ2) is 10.5. The van der Waals surface area contributed by atoms with Crippen LogP contribution in [0.1, 0.15) is 12.0 Å². The van der Waals surface area contributed by atoms with Crippen LogP contribution in [-0.2, 0) is 16.2 Å². The van der Waals surface area contributed by atoms with Crippen LogP contribution in [0.3, 0.4) is 0 Å². The number of halogens is 3. The zero-order valence-corrected chi connectivity index (χ0v) is 20.5. The summed E-state index contributed by atoms with van der Waals surface area (Å²) >= 11 is 15.3. The number of amides is 2. The second-order valence-electron chi connectivity index (χ2n) is 7.56. The van der Waals surface area contributed by atoms with Gasteiger partial charge in [0, 0.05) is 23.1 Å². The minimum absolute atomic E-state index is 0.0686. The molecule has 170 valence electrons. The van der Waals surface area contributed by atoms with Crippen molar-refractivity contribution in [3.63, 3.8) is 0 Å². The highest BCUT2D eigenvalue weighted by Crippen LogP contribution is 2.27. The van der Waals surface area contributed by atoms with Crippen molar-refractivity contribution in [3.8, 4) is 5.75 Å². The second-order valence-corrected chi connectivity index (χ2v) is 9.29. The number of nitrogens with zero attached hydrogens (tertiary/aromatic N) is 1. The van der Waals surface area contributed by atoms with Crippen molar-refractivity contribution in [2.45, 2.75) is 13.0 Å². The Hall–Kier alpha value is -2.74. The predicted octanol–water partition coefficient (Wildman–Crippen LogP) is 5.83. The molecule has 33 heavy (non-hydrogen) atoms. The first kappa shape index (κ1) is 23.4. The molecule has 1 fully saturated rings. The van der Waals surface area contributed by atoms with Crippen LogP contribution in [0.2, 0.25) is 10.0 Å². The maximum atomic E-state index is 12.6. The lowest BCUT2D eigenvalue weighted by atomic mass is 10.1. The summed E-state index contributed by atoms with van der Waals surface area (Å²) < 4.78 is 6.69. The normalized spacial score (nSPS) is 15.4. The number of carbonyl (C=O) groups is 2. The summed E-state index contributed by atoms with van der Waals surface area (Å²) in [5.74, 6) is -0.0595. The van der Waals surface area contributed by atoms with E-state index in [4.69, 9.17) is 27.9 Å². The summed E-state index contributed by atoms with van der Waals surface area (Å²) in [6, 6.07) is 20.0. The summed E-state index contributed by atoms with van der Waals surface area (Å²) in [6.07, 6.45) is 0.172. The molecule has 1 atom stereocenters. The van der Waals surface area contributed by atoms with Gasteiger partial charge in [-0.3, -0.25) is 20.4 Å². The fraction of sp³-hybridized carbons (Fsp3) is 0.167. The molecule has 0 saturated carbocycles. The molecule has 3 aromatic rings. The highest BCUT2D eigenvalue weighted by Gasteiger charge is 2.35. The summed E-state index contributed by atoms with van der Waals surface area (Å²) in [5, 5.41) is 0.984. The third-order valence-corrected chi connectivity index (χ3v) is 6.48. The maximum absolute atomic E-state index is 12.6. The molecular formula is C24H20BrCl2N3O3. The lowest BCUT2D eigenvalue weighted by Crippen LogP contribution is -2.36. The van der Waals surface area contributed by atoms with Gasteiger partial charge in [0.15, 0.2) is 0 Å². The Bertz CT molecular complexity index is 1160. The molecule has 4 rings (SSSR count). The molecule has 2 amide bonds. The molecular weight excluding hydrogens is 529 g/mol. The lowest BCUT2D eigenvalue weighted by molar-refractivity contribution is -0.125. The van der Waals surface area contributed by atoms with Crippen LogP contribution in [-0.4, -0.2) is 18.4 Å². The van der Waals surface area contributed by atoms with E-state index >= 15 is 0 Å². The summed E-state index contributed by atoms with van der Waals surface area (Å²) in [6.45, 7) is 0.695. The molecule has 6 nitrogen and oxygen atoms in total. The molecule has 1 heterocycles. The summed E-state index contributed by atoms with van der Waals surface area (Å²) in [7, 11) is 0. The van der Waals surface area contributed by atoms with Crippen LogP contribution in [0.15, 0.2) is 71.2 Å². The first-order valence-corrected chi connectivity index (χ1v) is 11.7. The Morgan fingerprint density at radius 3 is 2.45 bits per heavy atom. The van der Waals surface area contributed by atoms with Crippen molar-refractivity contribution >= 4 is 62.3 Å². The first-order chi connectivity index (χ1) is 15.9. The van der Waals surface area contributed by atoms with E-state index in [0.717, 1.165) is 15.7 Å². The van der Waals surface area contributed by atoms with Gasteiger partial charge in [-0.2, -0.15) is 0 Å². The maximum Gasteiger partial charge on any atom is 0.243 e. The molecule has 0 radical (unpaired) electrons. The van der Waals surface area contributed by atoms with Crippen molar-refractivity contribution < 1.29 is 14.3 Å². The van der Waals surface area contributed by atoms with Crippen molar-refractivity contribution in [2.24, 2.45) is 5.92 Å². The third kappa shape index (κ3) is 5.99. The van der Waals surface area contributed by atoms with Crippen molar-refractivity contribution in [1.29, 1.82) is 0 Å². The van der Waals surface area contributed by atoms with E-state index < -0.39 is 5.92 Å². The van der Waals surface area contributed by atoms with E-state index in [1.807, 2.05) is 30.3 Å². The van der Waals surface area contributed by atoms with Gasteiger partial charge < -0.3 is 9.64 Å². The molecule has 3 aromatic carbocycles. The molecule has 0 spiro atoms. The Morgan fingerprint density at radius 2 is 1.76 bits per heavy atom. The van der Waals surface area contributed by atoms with Crippen LogP contribution in [0.25, 0.3) is 0 Å². The van der Waals surface area contributed by atoms with Crippen LogP contribution < -0.4 is 20.5 Å². The molecule has 2 N–H and O–H groups in total. The van der Waals surface area contributed by atoms with Gasteiger partial charge in [-0.05, 0) is 66.2 Å². The van der Waals surface area contributed by atoms with E-state index in [9.17, 15) is 9.59 Å². The minimum atomic E-state index is -0.428. The number of nitrogens with one attached hydrogen (secondary N) is 2. The van der Waals surface area contributed by atoms with Crippen LogP contribution >= 0.6 is 39.1 Å². The van der Waals surface area contributed by atoms with E-state index in [1.54, 1.807) is 41.3 Å². The number of hydrogen-bond donors (Lipinski definition) is 2. The monoisotopic (exact) mass is 547 g/mol. The fourth-order valence-electron chi connectivity index (χ4n) is 3.42. The van der Waals surface area contributed by atoms with Gasteiger partial charge in [0.25, 0.3) is 0 Å². The molecule has 0 aromatic heterocycles. The fourth-order valence-corrected chi connectivity index (χ4v) is 4.01. The average Bonchev–Trinajstić information content (AvgIpc) is 3.21. The number of hydrazine groups is 1. The van der Waals surface area contributed by atoms with E-state index in [1.165, 1.54) is 0 Å². The Balaban J connectivity index is 1.26. The molecule has 0 unspecified atom stereocenters. The smallest absolute Gasteiger partial charge is 0.243 e. The van der Waals surface area contributed by atoms with E-state index in [2.05, 4.69) is 26.8 Å². The lowest BCUT2D eigenvalue weighted by Gasteiger charge is -2.17. The Labute approximate surface area is 209 Å². The zero-order chi connectivity index (χ0) is 23.4. The van der Waals surface area contributed by atoms with Gasteiger partial charge >= 0.3 is 0 Å². The predicted molar refractivity (Wildman–Crippen MR) is 134 cm³/mol. The van der Waals surface area contributed by atoms with Crippen LogP contribution in [0, 0.1) is 5.92 Å². The standard InChI is InChI=1S/C24H20BrCl2N3O3/c25-17-2-6-19(7-3-17)30-13-16(12-23(30)31)24(32)29-28-18-4-8-20(9-5-18)33-14-15-1-10-21(26)22(27)11-15/h1-11,16,28H,12-14H2,(H,29,32)/t16-/m1/s1. The summed E-state index contributed by atoms with van der Waals surface area (Å²) in [5.41, 5.74) is 7.96. The quantitative estimate of drug-likeness (QED) is 0.364. The van der Waals surface area contributed by atoms with Crippen molar-refractivity contribution in [3.05, 3.63) is 86.8 Å². The van der Waals surface area contributed by atoms with Gasteiger partial charge in [-0.1, -0.05) is 45.2 Å². The minimum Gasteiger partial charge on any atom is -0.489 e. The van der Waals surface area contributed by atoms with E-state index in [0.29, 0.717) is 34.6 Å². The number of carbonyl (C=O) groups excluding carboxylic acids is 2. The van der Waals surface area contributed by atoms with Crippen LogP contribution in [0.4, 0.5) is 11.4 Å². The molecule has 0 bridgehead atoms. The molecule has 0 aliphatic carbocycles. The van der Waals surface area contributed by atoms with Gasteiger partial charge in [0.2, 0.25) is 11.8 Å². The van der Waals surface area contributed by atoms with Crippen molar-refractivity contribution in [1.82, 2.24) is 5.43 Å². The number of benzene rings is 3. The summed E-state index contributed by atoms with van der Waals surface area (Å²) in [4.78, 5) is 26.6. The highest BCUT2D eigenvalue weighted by atomic mass is 79.9. The number of rotatable bonds is 7.